The van der Waals surface area contributed by atoms with Gasteiger partial charge in [0, 0.05) is 23.5 Å². The summed E-state index contributed by atoms with van der Waals surface area (Å²) in [5.74, 6) is -0.976. The quantitative estimate of drug-likeness (QED) is 0.507. The van der Waals surface area contributed by atoms with E-state index < -0.39 is 5.97 Å². The number of amides is 1. The van der Waals surface area contributed by atoms with Gasteiger partial charge in [0.05, 0.1) is 12.7 Å². The Kier molecular flexibility index (Phi) is 6.36. The second-order valence-corrected chi connectivity index (χ2v) is 6.31. The molecule has 0 radical (unpaired) electrons. The summed E-state index contributed by atoms with van der Waals surface area (Å²) < 4.78 is 6.75. The number of hydrogen-bond donors (Lipinski definition) is 1. The van der Waals surface area contributed by atoms with E-state index in [4.69, 9.17) is 4.74 Å². The minimum atomic E-state index is -0.588. The Bertz CT molecular complexity index is 960. The Morgan fingerprint density at radius 2 is 1.86 bits per heavy atom. The van der Waals surface area contributed by atoms with Crippen LogP contribution in [0.3, 0.4) is 0 Å². The number of aryl methyl sites for hydroxylation is 1. The van der Waals surface area contributed by atoms with Crippen LogP contribution in [0.1, 0.15) is 16.7 Å². The fourth-order valence-electron chi connectivity index (χ4n) is 2.51. The van der Waals surface area contributed by atoms with E-state index in [2.05, 4.69) is 10.4 Å². The number of carbonyl (C=O) groups is 2. The summed E-state index contributed by atoms with van der Waals surface area (Å²) >= 11 is 0. The van der Waals surface area contributed by atoms with Crippen molar-refractivity contribution in [2.75, 3.05) is 11.9 Å². The Morgan fingerprint density at radius 3 is 2.61 bits per heavy atom. The number of carbonyl (C=O) groups excluding carboxylic acids is 2. The third-order valence-electron chi connectivity index (χ3n) is 3.93. The maximum Gasteiger partial charge on any atom is 0.331 e. The number of hydrogen-bond acceptors (Lipinski definition) is 4. The maximum absolute atomic E-state index is 11.8. The summed E-state index contributed by atoms with van der Waals surface area (Å²) in [5, 5.41) is 6.94. The van der Waals surface area contributed by atoms with Crippen molar-refractivity contribution in [3.8, 4) is 0 Å². The molecule has 0 aliphatic heterocycles. The van der Waals surface area contributed by atoms with Crippen molar-refractivity contribution >= 4 is 23.6 Å². The lowest BCUT2D eigenvalue weighted by Gasteiger charge is -2.05. The van der Waals surface area contributed by atoms with Gasteiger partial charge in [-0.05, 0) is 30.7 Å². The molecule has 0 aliphatic rings. The van der Waals surface area contributed by atoms with Crippen LogP contribution in [0, 0.1) is 6.92 Å². The molecule has 0 spiro atoms. The lowest BCUT2D eigenvalue weighted by molar-refractivity contribution is -0.142. The highest BCUT2D eigenvalue weighted by molar-refractivity contribution is 5.94. The molecule has 6 heteroatoms. The van der Waals surface area contributed by atoms with Crippen LogP contribution in [0.25, 0.3) is 6.08 Å². The van der Waals surface area contributed by atoms with Crippen LogP contribution in [-0.4, -0.2) is 28.3 Å². The van der Waals surface area contributed by atoms with E-state index in [1.54, 1.807) is 29.1 Å². The average molecular weight is 375 g/mol. The lowest BCUT2D eigenvalue weighted by atomic mass is 10.2. The van der Waals surface area contributed by atoms with E-state index in [0.717, 1.165) is 16.7 Å². The third kappa shape index (κ3) is 5.95. The van der Waals surface area contributed by atoms with E-state index in [1.165, 1.54) is 6.08 Å². The molecule has 1 N–H and O–H groups in total. The Labute approximate surface area is 163 Å². The fraction of sp³-hybridized carbons (Fsp3) is 0.136. The van der Waals surface area contributed by atoms with Crippen LogP contribution >= 0.6 is 0 Å². The molecule has 0 fully saturated rings. The predicted octanol–water partition coefficient (Wildman–Crippen LogP) is 3.43. The highest BCUT2D eigenvalue weighted by Crippen LogP contribution is 2.08. The molecule has 0 saturated carbocycles. The zero-order valence-corrected chi connectivity index (χ0v) is 15.5. The maximum atomic E-state index is 11.8. The number of benzene rings is 2. The van der Waals surface area contributed by atoms with E-state index in [1.807, 2.05) is 55.6 Å². The highest BCUT2D eigenvalue weighted by atomic mass is 16.5. The second kappa shape index (κ2) is 9.32. The number of ether oxygens (including phenoxy) is 1. The van der Waals surface area contributed by atoms with E-state index in [9.17, 15) is 9.59 Å². The monoisotopic (exact) mass is 375 g/mol. The van der Waals surface area contributed by atoms with Gasteiger partial charge in [0.1, 0.15) is 0 Å². The molecule has 0 saturated heterocycles. The molecule has 6 nitrogen and oxygen atoms in total. The van der Waals surface area contributed by atoms with Gasteiger partial charge in [-0.25, -0.2) is 4.79 Å². The van der Waals surface area contributed by atoms with Gasteiger partial charge in [0.25, 0.3) is 5.91 Å². The van der Waals surface area contributed by atoms with E-state index in [-0.39, 0.29) is 12.5 Å². The van der Waals surface area contributed by atoms with Crippen LogP contribution in [0.4, 0.5) is 5.69 Å². The summed E-state index contributed by atoms with van der Waals surface area (Å²) in [7, 11) is 0. The lowest BCUT2D eigenvalue weighted by Crippen LogP contribution is -2.20. The van der Waals surface area contributed by atoms with Crippen molar-refractivity contribution < 1.29 is 14.3 Å². The molecule has 0 atom stereocenters. The molecule has 1 amide bonds. The molecule has 0 bridgehead atoms. The van der Waals surface area contributed by atoms with Crippen LogP contribution in [0.5, 0.6) is 0 Å². The minimum absolute atomic E-state index is 0.343. The SMILES string of the molecule is Cc1ccc(NC(=O)COC(=O)/C=C/c2cnn(Cc3ccccc3)c2)cc1. The summed E-state index contributed by atoms with van der Waals surface area (Å²) in [5.41, 5.74) is 3.67. The van der Waals surface area contributed by atoms with E-state index in [0.29, 0.717) is 12.2 Å². The molecule has 3 rings (SSSR count). The first-order chi connectivity index (χ1) is 13.6. The molecular formula is C22H21N3O3. The summed E-state index contributed by atoms with van der Waals surface area (Å²) in [6.45, 7) is 2.27. The van der Waals surface area contributed by atoms with Crippen molar-refractivity contribution in [1.82, 2.24) is 9.78 Å². The van der Waals surface area contributed by atoms with Gasteiger partial charge in [-0.3, -0.25) is 9.48 Å². The number of nitrogens with one attached hydrogen (secondary N) is 1. The average Bonchev–Trinajstić information content (AvgIpc) is 3.15. The molecule has 0 unspecified atom stereocenters. The first-order valence-electron chi connectivity index (χ1n) is 8.86. The summed E-state index contributed by atoms with van der Waals surface area (Å²) in [6.07, 6.45) is 6.38. The molecule has 3 aromatic rings. The van der Waals surface area contributed by atoms with Crippen LogP contribution in [0.2, 0.25) is 0 Å². The first kappa shape index (κ1) is 19.1. The molecule has 1 heterocycles. The van der Waals surface area contributed by atoms with Crippen molar-refractivity contribution in [2.24, 2.45) is 0 Å². The first-order valence-corrected chi connectivity index (χ1v) is 8.86. The Morgan fingerprint density at radius 1 is 1.11 bits per heavy atom. The topological polar surface area (TPSA) is 73.2 Å². The van der Waals surface area contributed by atoms with Crippen LogP contribution < -0.4 is 5.32 Å². The Balaban J connectivity index is 1.44. The predicted molar refractivity (Wildman–Crippen MR) is 108 cm³/mol. The van der Waals surface area contributed by atoms with Crippen molar-refractivity contribution in [2.45, 2.75) is 13.5 Å². The van der Waals surface area contributed by atoms with Gasteiger partial charge in [-0.2, -0.15) is 5.10 Å². The molecule has 142 valence electrons. The standard InChI is InChI=1S/C22H21N3O3/c1-17-7-10-20(11-8-17)24-21(26)16-28-22(27)12-9-19-13-23-25(15-19)14-18-5-3-2-4-6-18/h2-13,15H,14,16H2,1H3,(H,24,26)/b12-9+. The number of anilines is 1. The fourth-order valence-corrected chi connectivity index (χ4v) is 2.51. The van der Waals surface area contributed by atoms with Gasteiger partial charge in [0.2, 0.25) is 0 Å². The van der Waals surface area contributed by atoms with Crippen LogP contribution in [-0.2, 0) is 20.9 Å². The normalized spacial score (nSPS) is 10.8. The second-order valence-electron chi connectivity index (χ2n) is 6.31. The largest absolute Gasteiger partial charge is 0.452 e. The summed E-state index contributed by atoms with van der Waals surface area (Å²) in [4.78, 5) is 23.6. The number of rotatable bonds is 7. The van der Waals surface area contributed by atoms with Gasteiger partial charge in [-0.15, -0.1) is 0 Å². The van der Waals surface area contributed by atoms with E-state index >= 15 is 0 Å². The van der Waals surface area contributed by atoms with Gasteiger partial charge >= 0.3 is 5.97 Å². The summed E-state index contributed by atoms with van der Waals surface area (Å²) in [6, 6.07) is 17.3. The van der Waals surface area contributed by atoms with Crippen molar-refractivity contribution in [3.05, 3.63) is 89.8 Å². The smallest absolute Gasteiger partial charge is 0.331 e. The van der Waals surface area contributed by atoms with Crippen molar-refractivity contribution in [1.29, 1.82) is 0 Å². The number of esters is 1. The third-order valence-corrected chi connectivity index (χ3v) is 3.93. The minimum Gasteiger partial charge on any atom is -0.452 e. The zero-order valence-electron chi connectivity index (χ0n) is 15.5. The molecule has 28 heavy (non-hydrogen) atoms. The molecule has 0 aliphatic carbocycles. The number of nitrogens with zero attached hydrogens (tertiary/aromatic N) is 2. The van der Waals surface area contributed by atoms with Gasteiger partial charge in [-0.1, -0.05) is 48.0 Å². The molecule has 2 aromatic carbocycles. The van der Waals surface area contributed by atoms with Gasteiger partial charge < -0.3 is 10.1 Å². The molecular weight excluding hydrogens is 354 g/mol. The van der Waals surface area contributed by atoms with Crippen molar-refractivity contribution in [3.63, 3.8) is 0 Å². The van der Waals surface area contributed by atoms with Gasteiger partial charge in [0.15, 0.2) is 6.61 Å². The van der Waals surface area contributed by atoms with Crippen LogP contribution in [0.15, 0.2) is 73.1 Å². The molecule has 1 aromatic heterocycles. The number of aromatic nitrogens is 2. The Hall–Kier alpha value is -3.67. The zero-order chi connectivity index (χ0) is 19.8. The highest BCUT2D eigenvalue weighted by Gasteiger charge is 2.06.